The third kappa shape index (κ3) is 3.53. The van der Waals surface area contributed by atoms with E-state index in [1.54, 1.807) is 16.0 Å². The zero-order valence-electron chi connectivity index (χ0n) is 15.7. The van der Waals surface area contributed by atoms with Crippen LogP contribution < -0.4 is 9.80 Å². The molecule has 2 amide bonds. The molecule has 0 aliphatic carbocycles. The maximum absolute atomic E-state index is 13.0. The molecule has 0 unspecified atom stereocenters. The molecule has 6 nitrogen and oxygen atoms in total. The second-order valence-corrected chi connectivity index (χ2v) is 6.74. The number of pyridine rings is 1. The van der Waals surface area contributed by atoms with Gasteiger partial charge in [0, 0.05) is 48.7 Å². The van der Waals surface area contributed by atoms with Gasteiger partial charge in [-0.2, -0.15) is 0 Å². The van der Waals surface area contributed by atoms with Crippen LogP contribution in [0.5, 0.6) is 0 Å². The summed E-state index contributed by atoms with van der Waals surface area (Å²) in [7, 11) is 1.39. The number of ether oxygens (including phenoxy) is 1. The van der Waals surface area contributed by atoms with Crippen molar-refractivity contribution in [2.24, 2.45) is 0 Å². The van der Waals surface area contributed by atoms with Crippen LogP contribution in [0.15, 0.2) is 60.9 Å². The molecule has 0 spiro atoms. The van der Waals surface area contributed by atoms with Crippen LogP contribution in [0.25, 0.3) is 10.8 Å². The number of nitrogens with zero attached hydrogens (tertiary/aromatic N) is 3. The molecule has 4 rings (SSSR count). The summed E-state index contributed by atoms with van der Waals surface area (Å²) in [5.74, 6) is -0.222. The number of carbonyl (C=O) groups excluding carboxylic acids is 2. The first-order chi connectivity index (χ1) is 13.7. The van der Waals surface area contributed by atoms with Gasteiger partial charge in [-0.3, -0.25) is 19.6 Å². The number of amides is 2. The number of aromatic nitrogens is 1. The van der Waals surface area contributed by atoms with Crippen LogP contribution >= 0.6 is 0 Å². The monoisotopic (exact) mass is 375 g/mol. The molecule has 1 saturated heterocycles. The van der Waals surface area contributed by atoms with Gasteiger partial charge in [-0.25, -0.2) is 4.79 Å². The highest BCUT2D eigenvalue weighted by Gasteiger charge is 2.30. The van der Waals surface area contributed by atoms with Crippen molar-refractivity contribution in [3.63, 3.8) is 0 Å². The molecule has 3 aromatic rings. The Morgan fingerprint density at radius 2 is 1.71 bits per heavy atom. The summed E-state index contributed by atoms with van der Waals surface area (Å²) in [5.41, 5.74) is 2.79. The summed E-state index contributed by atoms with van der Waals surface area (Å²) in [4.78, 5) is 31.9. The van der Waals surface area contributed by atoms with E-state index in [2.05, 4.69) is 9.72 Å². The van der Waals surface area contributed by atoms with Crippen LogP contribution in [-0.4, -0.2) is 37.2 Å². The second-order valence-electron chi connectivity index (χ2n) is 6.74. The van der Waals surface area contributed by atoms with Crippen LogP contribution in [0.1, 0.15) is 12.0 Å². The van der Waals surface area contributed by atoms with Gasteiger partial charge in [0.2, 0.25) is 0 Å². The number of esters is 1. The zero-order valence-corrected chi connectivity index (χ0v) is 15.7. The fourth-order valence-electron chi connectivity index (χ4n) is 3.45. The SMILES string of the molecule is COC(=O)CCc1ccc(N2CCN(c3ccc4cnccc4c3)C2=O)cc1. The van der Waals surface area contributed by atoms with Crippen molar-refractivity contribution >= 4 is 34.1 Å². The molecule has 142 valence electrons. The lowest BCUT2D eigenvalue weighted by atomic mass is 10.1. The van der Waals surface area contributed by atoms with Crippen molar-refractivity contribution < 1.29 is 14.3 Å². The Hall–Kier alpha value is -3.41. The maximum atomic E-state index is 13.0. The number of anilines is 2. The Labute approximate surface area is 163 Å². The van der Waals surface area contributed by atoms with Gasteiger partial charge in [-0.05, 0) is 47.7 Å². The van der Waals surface area contributed by atoms with Crippen molar-refractivity contribution in [1.29, 1.82) is 0 Å². The topological polar surface area (TPSA) is 62.7 Å². The fourth-order valence-corrected chi connectivity index (χ4v) is 3.45. The van der Waals surface area contributed by atoms with E-state index in [4.69, 9.17) is 0 Å². The van der Waals surface area contributed by atoms with E-state index in [0.717, 1.165) is 27.7 Å². The molecular formula is C22H21N3O3. The van der Waals surface area contributed by atoms with Crippen LogP contribution in [-0.2, 0) is 16.0 Å². The van der Waals surface area contributed by atoms with E-state index in [9.17, 15) is 9.59 Å². The van der Waals surface area contributed by atoms with Crippen molar-refractivity contribution in [1.82, 2.24) is 4.98 Å². The average molecular weight is 375 g/mol. The number of fused-ring (bicyclic) bond motifs is 1. The van der Waals surface area contributed by atoms with Crippen LogP contribution in [0.2, 0.25) is 0 Å². The van der Waals surface area contributed by atoms with Gasteiger partial charge >= 0.3 is 12.0 Å². The molecule has 0 atom stereocenters. The van der Waals surface area contributed by atoms with E-state index in [1.807, 2.05) is 54.7 Å². The Morgan fingerprint density at radius 3 is 2.46 bits per heavy atom. The summed E-state index contributed by atoms with van der Waals surface area (Å²) in [6.07, 6.45) is 4.55. The van der Waals surface area contributed by atoms with Crippen molar-refractivity contribution in [3.05, 3.63) is 66.5 Å². The summed E-state index contributed by atoms with van der Waals surface area (Å²) < 4.78 is 4.67. The minimum Gasteiger partial charge on any atom is -0.469 e. The molecule has 0 N–H and O–H groups in total. The lowest BCUT2D eigenvalue weighted by Crippen LogP contribution is -2.31. The van der Waals surface area contributed by atoms with E-state index in [-0.39, 0.29) is 12.0 Å². The molecule has 1 aromatic heterocycles. The van der Waals surface area contributed by atoms with Gasteiger partial charge < -0.3 is 4.74 Å². The zero-order chi connectivity index (χ0) is 19.5. The Balaban J connectivity index is 1.48. The largest absolute Gasteiger partial charge is 0.469 e. The highest BCUT2D eigenvalue weighted by atomic mass is 16.5. The first kappa shape index (κ1) is 18.0. The summed E-state index contributed by atoms with van der Waals surface area (Å²) in [6, 6.07) is 15.7. The average Bonchev–Trinajstić information content (AvgIpc) is 3.13. The van der Waals surface area contributed by atoms with Gasteiger partial charge in [0.25, 0.3) is 0 Å². The number of hydrogen-bond donors (Lipinski definition) is 0. The van der Waals surface area contributed by atoms with Crippen molar-refractivity contribution in [2.75, 3.05) is 30.0 Å². The highest BCUT2D eigenvalue weighted by molar-refractivity contribution is 6.07. The smallest absolute Gasteiger partial charge is 0.329 e. The summed E-state index contributed by atoms with van der Waals surface area (Å²) in [6.45, 7) is 1.27. The number of rotatable bonds is 5. The predicted molar refractivity (Wildman–Crippen MR) is 109 cm³/mol. The molecule has 6 heteroatoms. The standard InChI is InChI=1S/C22H21N3O3/c1-28-21(26)9-4-16-2-6-19(7-3-16)24-12-13-25(22(24)27)20-8-5-18-15-23-11-10-17(18)14-20/h2-3,5-8,10-11,14-15H,4,9,12-13H2,1H3. The summed E-state index contributed by atoms with van der Waals surface area (Å²) in [5, 5.41) is 2.12. The Bertz CT molecular complexity index is 1020. The fraction of sp³-hybridized carbons (Fsp3) is 0.227. The van der Waals surface area contributed by atoms with Gasteiger partial charge in [-0.1, -0.05) is 18.2 Å². The molecule has 2 heterocycles. The number of urea groups is 1. The van der Waals surface area contributed by atoms with Gasteiger partial charge in [0.1, 0.15) is 0 Å². The molecule has 0 radical (unpaired) electrons. The normalized spacial score (nSPS) is 14.0. The number of carbonyl (C=O) groups is 2. The molecule has 1 aliphatic rings. The predicted octanol–water partition coefficient (Wildman–Crippen LogP) is 3.79. The maximum Gasteiger partial charge on any atom is 0.329 e. The molecule has 28 heavy (non-hydrogen) atoms. The van der Waals surface area contributed by atoms with Crippen molar-refractivity contribution in [2.45, 2.75) is 12.8 Å². The minimum absolute atomic E-state index is 0.0317. The minimum atomic E-state index is -0.222. The van der Waals surface area contributed by atoms with Crippen LogP contribution in [0.3, 0.4) is 0 Å². The number of methoxy groups -OCH3 is 1. The highest BCUT2D eigenvalue weighted by Crippen LogP contribution is 2.28. The van der Waals surface area contributed by atoms with Gasteiger partial charge in [-0.15, -0.1) is 0 Å². The third-order valence-electron chi connectivity index (χ3n) is 5.04. The molecule has 2 aromatic carbocycles. The van der Waals surface area contributed by atoms with Crippen LogP contribution in [0.4, 0.5) is 16.2 Å². The molecular weight excluding hydrogens is 354 g/mol. The lowest BCUT2D eigenvalue weighted by Gasteiger charge is -2.19. The van der Waals surface area contributed by atoms with E-state index >= 15 is 0 Å². The molecule has 0 saturated carbocycles. The molecule has 0 bridgehead atoms. The first-order valence-corrected chi connectivity index (χ1v) is 9.24. The lowest BCUT2D eigenvalue weighted by molar-refractivity contribution is -0.140. The second kappa shape index (κ2) is 7.68. The quantitative estimate of drug-likeness (QED) is 0.637. The molecule has 1 fully saturated rings. The first-order valence-electron chi connectivity index (χ1n) is 9.24. The number of aryl methyl sites for hydroxylation is 1. The number of hydrogen-bond acceptors (Lipinski definition) is 4. The van der Waals surface area contributed by atoms with Crippen molar-refractivity contribution in [3.8, 4) is 0 Å². The van der Waals surface area contributed by atoms with E-state index < -0.39 is 0 Å². The van der Waals surface area contributed by atoms with E-state index in [0.29, 0.717) is 25.9 Å². The number of benzene rings is 2. The summed E-state index contributed by atoms with van der Waals surface area (Å²) >= 11 is 0. The van der Waals surface area contributed by atoms with Gasteiger partial charge in [0.05, 0.1) is 7.11 Å². The Kier molecular flexibility index (Phi) is 4.93. The Morgan fingerprint density at radius 1 is 1.00 bits per heavy atom. The molecule has 1 aliphatic heterocycles. The third-order valence-corrected chi connectivity index (χ3v) is 5.04. The van der Waals surface area contributed by atoms with Gasteiger partial charge in [0.15, 0.2) is 0 Å². The van der Waals surface area contributed by atoms with Crippen LogP contribution in [0, 0.1) is 0 Å². The van der Waals surface area contributed by atoms with E-state index in [1.165, 1.54) is 7.11 Å².